The van der Waals surface area contributed by atoms with Crippen molar-refractivity contribution < 1.29 is 9.63 Å². The van der Waals surface area contributed by atoms with Crippen LogP contribution in [0.15, 0.2) is 18.2 Å². The molecule has 0 aliphatic carbocycles. The van der Waals surface area contributed by atoms with Gasteiger partial charge in [-0.15, -0.1) is 0 Å². The number of amides is 1. The highest BCUT2D eigenvalue weighted by molar-refractivity contribution is 5.93. The number of aryl methyl sites for hydroxylation is 2. The monoisotopic (exact) mass is 193 g/mol. The predicted molar refractivity (Wildman–Crippen MR) is 55.0 cm³/mol. The van der Waals surface area contributed by atoms with Gasteiger partial charge in [0.15, 0.2) is 0 Å². The Bertz CT molecular complexity index is 327. The zero-order valence-corrected chi connectivity index (χ0v) is 9.00. The van der Waals surface area contributed by atoms with E-state index in [1.54, 1.807) is 7.05 Å². The van der Waals surface area contributed by atoms with E-state index in [0.29, 0.717) is 5.56 Å². The quantitative estimate of drug-likeness (QED) is 0.672. The van der Waals surface area contributed by atoms with Crippen LogP contribution in [0.3, 0.4) is 0 Å². The highest BCUT2D eigenvalue weighted by Gasteiger charge is 2.11. The smallest absolute Gasteiger partial charge is 0.274 e. The van der Waals surface area contributed by atoms with Crippen LogP contribution in [0.25, 0.3) is 0 Å². The molecule has 0 aromatic heterocycles. The van der Waals surface area contributed by atoms with Gasteiger partial charge >= 0.3 is 0 Å². The van der Waals surface area contributed by atoms with Crippen LogP contribution < -0.4 is 0 Å². The van der Waals surface area contributed by atoms with Crippen LogP contribution in [0.4, 0.5) is 0 Å². The van der Waals surface area contributed by atoms with Crippen LogP contribution in [-0.2, 0) is 4.84 Å². The van der Waals surface area contributed by atoms with Gasteiger partial charge in [0.05, 0.1) is 7.11 Å². The lowest BCUT2D eigenvalue weighted by atomic mass is 10.1. The number of carbonyl (C=O) groups excluding carboxylic acids is 1. The first-order chi connectivity index (χ1) is 6.54. The maximum Gasteiger partial charge on any atom is 0.277 e. The third kappa shape index (κ3) is 2.33. The lowest BCUT2D eigenvalue weighted by Crippen LogP contribution is -2.25. The Morgan fingerprint density at radius 2 is 1.71 bits per heavy atom. The molecule has 0 aliphatic rings. The highest BCUT2D eigenvalue weighted by Crippen LogP contribution is 2.10. The van der Waals surface area contributed by atoms with E-state index in [1.165, 1.54) is 12.2 Å². The highest BCUT2D eigenvalue weighted by atomic mass is 16.7. The molecule has 0 unspecified atom stereocenters. The molecule has 0 atom stereocenters. The zero-order valence-electron chi connectivity index (χ0n) is 9.00. The summed E-state index contributed by atoms with van der Waals surface area (Å²) in [5.41, 5.74) is 2.82. The van der Waals surface area contributed by atoms with Crippen molar-refractivity contribution in [2.75, 3.05) is 14.2 Å². The van der Waals surface area contributed by atoms with E-state index in [-0.39, 0.29) is 5.91 Å². The van der Waals surface area contributed by atoms with E-state index in [1.807, 2.05) is 32.0 Å². The van der Waals surface area contributed by atoms with Gasteiger partial charge < -0.3 is 0 Å². The van der Waals surface area contributed by atoms with Crippen molar-refractivity contribution in [3.63, 3.8) is 0 Å². The Hall–Kier alpha value is -1.35. The fraction of sp³-hybridized carbons (Fsp3) is 0.364. The van der Waals surface area contributed by atoms with Gasteiger partial charge in [0.2, 0.25) is 0 Å². The minimum absolute atomic E-state index is 0.126. The summed E-state index contributed by atoms with van der Waals surface area (Å²) in [5.74, 6) is -0.126. The van der Waals surface area contributed by atoms with Crippen LogP contribution in [-0.4, -0.2) is 25.1 Å². The molecule has 14 heavy (non-hydrogen) atoms. The number of rotatable bonds is 2. The maximum absolute atomic E-state index is 11.7. The topological polar surface area (TPSA) is 29.5 Å². The van der Waals surface area contributed by atoms with Crippen molar-refractivity contribution in [2.24, 2.45) is 0 Å². The molecule has 1 amide bonds. The molecule has 1 aromatic rings. The van der Waals surface area contributed by atoms with Gasteiger partial charge in [-0.05, 0) is 26.0 Å². The van der Waals surface area contributed by atoms with Gasteiger partial charge in [0.1, 0.15) is 0 Å². The molecule has 1 aromatic carbocycles. The van der Waals surface area contributed by atoms with Crippen LogP contribution in [0, 0.1) is 13.8 Å². The molecule has 0 aliphatic heterocycles. The number of benzene rings is 1. The Labute approximate surface area is 84.2 Å². The summed E-state index contributed by atoms with van der Waals surface area (Å²) in [4.78, 5) is 16.5. The first-order valence-electron chi connectivity index (χ1n) is 4.45. The second kappa shape index (κ2) is 4.24. The largest absolute Gasteiger partial charge is 0.277 e. The van der Waals surface area contributed by atoms with Gasteiger partial charge in [0, 0.05) is 12.6 Å². The third-order valence-corrected chi connectivity index (χ3v) is 2.03. The van der Waals surface area contributed by atoms with Crippen LogP contribution in [0.1, 0.15) is 21.5 Å². The number of carbonyl (C=O) groups is 1. The average Bonchev–Trinajstić information content (AvgIpc) is 2.14. The van der Waals surface area contributed by atoms with Crippen molar-refractivity contribution >= 4 is 5.91 Å². The minimum atomic E-state index is -0.126. The second-order valence-electron chi connectivity index (χ2n) is 3.36. The molecule has 76 valence electrons. The Balaban J connectivity index is 3.01. The van der Waals surface area contributed by atoms with Crippen molar-refractivity contribution in [1.82, 2.24) is 5.06 Å². The van der Waals surface area contributed by atoms with Gasteiger partial charge in [-0.2, -0.15) is 0 Å². The maximum atomic E-state index is 11.7. The van der Waals surface area contributed by atoms with Gasteiger partial charge in [-0.1, -0.05) is 17.2 Å². The number of hydrogen-bond acceptors (Lipinski definition) is 2. The molecular weight excluding hydrogens is 178 g/mol. The van der Waals surface area contributed by atoms with E-state index >= 15 is 0 Å². The van der Waals surface area contributed by atoms with Crippen LogP contribution >= 0.6 is 0 Å². The molecule has 0 heterocycles. The summed E-state index contributed by atoms with van der Waals surface area (Å²) in [6.07, 6.45) is 0. The molecule has 0 N–H and O–H groups in total. The zero-order chi connectivity index (χ0) is 10.7. The van der Waals surface area contributed by atoms with Crippen molar-refractivity contribution in [3.8, 4) is 0 Å². The normalized spacial score (nSPS) is 10.0. The van der Waals surface area contributed by atoms with Crippen LogP contribution in [0.5, 0.6) is 0 Å². The summed E-state index contributed by atoms with van der Waals surface area (Å²) >= 11 is 0. The summed E-state index contributed by atoms with van der Waals surface area (Å²) in [6, 6.07) is 5.74. The lowest BCUT2D eigenvalue weighted by Gasteiger charge is -2.14. The number of hydrogen-bond donors (Lipinski definition) is 0. The molecule has 0 bridgehead atoms. The second-order valence-corrected chi connectivity index (χ2v) is 3.36. The van der Waals surface area contributed by atoms with E-state index < -0.39 is 0 Å². The summed E-state index contributed by atoms with van der Waals surface area (Å²) in [6.45, 7) is 3.94. The SMILES string of the molecule is CON(C)C(=O)c1cc(C)cc(C)c1. The summed E-state index contributed by atoms with van der Waals surface area (Å²) in [7, 11) is 3.07. The Kier molecular flexibility index (Phi) is 3.25. The summed E-state index contributed by atoms with van der Waals surface area (Å²) in [5, 5.41) is 1.22. The van der Waals surface area contributed by atoms with Crippen molar-refractivity contribution in [1.29, 1.82) is 0 Å². The first-order valence-corrected chi connectivity index (χ1v) is 4.45. The average molecular weight is 193 g/mol. The van der Waals surface area contributed by atoms with E-state index in [9.17, 15) is 4.79 Å². The molecule has 0 saturated heterocycles. The fourth-order valence-corrected chi connectivity index (χ4v) is 1.36. The molecule has 0 radical (unpaired) electrons. The first kappa shape index (κ1) is 10.7. The molecular formula is C11H15NO2. The predicted octanol–water partition coefficient (Wildman–Crippen LogP) is 1.94. The van der Waals surface area contributed by atoms with Gasteiger partial charge in [-0.3, -0.25) is 9.63 Å². The number of hydroxylamine groups is 2. The Morgan fingerprint density at radius 1 is 1.21 bits per heavy atom. The van der Waals surface area contributed by atoms with E-state index in [2.05, 4.69) is 0 Å². The third-order valence-electron chi connectivity index (χ3n) is 2.03. The molecule has 1 rings (SSSR count). The Morgan fingerprint density at radius 3 is 2.14 bits per heavy atom. The van der Waals surface area contributed by atoms with E-state index in [0.717, 1.165) is 11.1 Å². The minimum Gasteiger partial charge on any atom is -0.274 e. The molecule has 3 heteroatoms. The van der Waals surface area contributed by atoms with Crippen LogP contribution in [0.2, 0.25) is 0 Å². The summed E-state index contributed by atoms with van der Waals surface area (Å²) < 4.78 is 0. The molecule has 0 fully saturated rings. The van der Waals surface area contributed by atoms with E-state index in [4.69, 9.17) is 4.84 Å². The van der Waals surface area contributed by atoms with Gasteiger partial charge in [-0.25, -0.2) is 5.06 Å². The van der Waals surface area contributed by atoms with Gasteiger partial charge in [0.25, 0.3) is 5.91 Å². The lowest BCUT2D eigenvalue weighted by molar-refractivity contribution is -0.0757. The molecule has 0 spiro atoms. The molecule has 0 saturated carbocycles. The fourth-order valence-electron chi connectivity index (χ4n) is 1.36. The standard InChI is InChI=1S/C11H15NO2/c1-8-5-9(2)7-10(6-8)11(13)12(3)14-4/h5-7H,1-4H3. The molecule has 3 nitrogen and oxygen atoms in total. The number of nitrogens with zero attached hydrogens (tertiary/aromatic N) is 1. The van der Waals surface area contributed by atoms with Crippen molar-refractivity contribution in [3.05, 3.63) is 34.9 Å². The van der Waals surface area contributed by atoms with Crippen molar-refractivity contribution in [2.45, 2.75) is 13.8 Å².